The molecule has 0 unspecified atom stereocenters. The number of ketones is 2. The Kier molecular flexibility index (Phi) is 2.92. The summed E-state index contributed by atoms with van der Waals surface area (Å²) < 4.78 is 5.24. The number of benzene rings is 1. The Morgan fingerprint density at radius 3 is 2.47 bits per heavy atom. The highest BCUT2D eigenvalue weighted by Gasteiger charge is 2.50. The van der Waals surface area contributed by atoms with E-state index in [0.717, 1.165) is 29.7 Å². The number of rotatable bonds is 1. The van der Waals surface area contributed by atoms with Crippen LogP contribution in [-0.4, -0.2) is 18.7 Å². The van der Waals surface area contributed by atoms with Crippen LogP contribution >= 0.6 is 0 Å². The molecule has 1 saturated carbocycles. The number of ether oxygens (including phenoxy) is 1. The highest BCUT2D eigenvalue weighted by Crippen LogP contribution is 2.44. The van der Waals surface area contributed by atoms with E-state index < -0.39 is 5.41 Å². The quantitative estimate of drug-likeness (QED) is 0.727. The summed E-state index contributed by atoms with van der Waals surface area (Å²) in [6.07, 6.45) is 4.30. The van der Waals surface area contributed by atoms with Crippen molar-refractivity contribution in [3.8, 4) is 5.75 Å². The largest absolute Gasteiger partial charge is 0.497 e. The molecule has 2 aliphatic rings. The van der Waals surface area contributed by atoms with Crippen molar-refractivity contribution < 1.29 is 14.3 Å². The van der Waals surface area contributed by atoms with Crippen LogP contribution < -0.4 is 4.74 Å². The lowest BCUT2D eigenvalue weighted by Gasteiger charge is -2.39. The first kappa shape index (κ1) is 12.4. The molecule has 0 aliphatic heterocycles. The van der Waals surface area contributed by atoms with Gasteiger partial charge in [-0.3, -0.25) is 9.59 Å². The molecule has 1 fully saturated rings. The third-order valence-corrected chi connectivity index (χ3v) is 4.53. The first-order valence-corrected chi connectivity index (χ1v) is 6.92. The average molecular weight is 258 g/mol. The summed E-state index contributed by atoms with van der Waals surface area (Å²) in [5.74, 6) is 1.04. The van der Waals surface area contributed by atoms with Crippen LogP contribution in [0, 0.1) is 0 Å². The maximum Gasteiger partial charge on any atom is 0.150 e. The van der Waals surface area contributed by atoms with E-state index in [9.17, 15) is 9.59 Å². The maximum absolute atomic E-state index is 12.4. The number of carbonyl (C=O) groups excluding carboxylic acids is 2. The van der Waals surface area contributed by atoms with E-state index >= 15 is 0 Å². The SMILES string of the molecule is COc1ccc2c(c1)CCCC21C(=O)CCCC1=O. The van der Waals surface area contributed by atoms with Gasteiger partial charge in [0, 0.05) is 12.8 Å². The van der Waals surface area contributed by atoms with Gasteiger partial charge in [-0.1, -0.05) is 6.07 Å². The maximum atomic E-state index is 12.4. The van der Waals surface area contributed by atoms with E-state index in [0.29, 0.717) is 25.7 Å². The number of Topliss-reactive ketones (excluding diaryl/α,β-unsaturated/α-hetero) is 2. The van der Waals surface area contributed by atoms with Crippen molar-refractivity contribution in [3.63, 3.8) is 0 Å². The van der Waals surface area contributed by atoms with Gasteiger partial charge in [0.25, 0.3) is 0 Å². The van der Waals surface area contributed by atoms with Crippen molar-refractivity contribution in [2.75, 3.05) is 7.11 Å². The Hall–Kier alpha value is -1.64. The van der Waals surface area contributed by atoms with Gasteiger partial charge in [0.1, 0.15) is 11.2 Å². The van der Waals surface area contributed by atoms with Gasteiger partial charge in [-0.2, -0.15) is 0 Å². The summed E-state index contributed by atoms with van der Waals surface area (Å²) in [6, 6.07) is 5.76. The lowest BCUT2D eigenvalue weighted by atomic mass is 9.61. The van der Waals surface area contributed by atoms with Crippen LogP contribution in [0.4, 0.5) is 0 Å². The lowest BCUT2D eigenvalue weighted by Crippen LogP contribution is -2.48. The highest BCUT2D eigenvalue weighted by atomic mass is 16.5. The lowest BCUT2D eigenvalue weighted by molar-refractivity contribution is -0.138. The minimum atomic E-state index is -0.835. The Labute approximate surface area is 113 Å². The zero-order valence-corrected chi connectivity index (χ0v) is 11.2. The van der Waals surface area contributed by atoms with Gasteiger partial charge in [0.05, 0.1) is 7.11 Å². The van der Waals surface area contributed by atoms with Gasteiger partial charge in [0.2, 0.25) is 0 Å². The molecule has 0 atom stereocenters. The van der Waals surface area contributed by atoms with E-state index in [1.54, 1.807) is 7.11 Å². The third kappa shape index (κ3) is 1.71. The van der Waals surface area contributed by atoms with Gasteiger partial charge in [-0.15, -0.1) is 0 Å². The van der Waals surface area contributed by atoms with E-state index in [1.807, 2.05) is 18.2 Å². The molecule has 0 bridgehead atoms. The molecular weight excluding hydrogens is 240 g/mol. The monoisotopic (exact) mass is 258 g/mol. The molecule has 1 aromatic carbocycles. The molecule has 1 spiro atoms. The fourth-order valence-corrected chi connectivity index (χ4v) is 3.57. The summed E-state index contributed by atoms with van der Waals surface area (Å²) in [4.78, 5) is 24.9. The molecule has 1 aromatic rings. The topological polar surface area (TPSA) is 43.4 Å². The summed E-state index contributed by atoms with van der Waals surface area (Å²) in [5.41, 5.74) is 1.21. The van der Waals surface area contributed by atoms with Crippen molar-refractivity contribution in [2.45, 2.75) is 43.9 Å². The van der Waals surface area contributed by atoms with E-state index in [4.69, 9.17) is 4.74 Å². The summed E-state index contributed by atoms with van der Waals surface area (Å²) in [6.45, 7) is 0. The second-order valence-corrected chi connectivity index (χ2v) is 5.48. The van der Waals surface area contributed by atoms with E-state index in [-0.39, 0.29) is 11.6 Å². The molecule has 0 heterocycles. The summed E-state index contributed by atoms with van der Waals surface area (Å²) >= 11 is 0. The second kappa shape index (κ2) is 4.48. The molecule has 19 heavy (non-hydrogen) atoms. The summed E-state index contributed by atoms with van der Waals surface area (Å²) in [7, 11) is 1.64. The molecule has 100 valence electrons. The van der Waals surface area contributed by atoms with Crippen molar-refractivity contribution in [3.05, 3.63) is 29.3 Å². The number of fused-ring (bicyclic) bond motifs is 2. The zero-order valence-electron chi connectivity index (χ0n) is 11.2. The van der Waals surface area contributed by atoms with E-state index in [1.165, 1.54) is 0 Å². The van der Waals surface area contributed by atoms with Crippen molar-refractivity contribution >= 4 is 11.6 Å². The Balaban J connectivity index is 2.16. The third-order valence-electron chi connectivity index (χ3n) is 4.53. The Bertz CT molecular complexity index is 529. The number of carbonyl (C=O) groups is 2. The molecule has 0 saturated heterocycles. The Morgan fingerprint density at radius 2 is 1.79 bits per heavy atom. The molecule has 3 heteroatoms. The standard InChI is InChI=1S/C16H18O3/c1-19-12-7-8-13-11(10-12)4-3-9-16(13)14(17)5-2-6-15(16)18/h7-8,10H,2-6,9H2,1H3. The minimum Gasteiger partial charge on any atom is -0.497 e. The van der Waals surface area contributed by atoms with E-state index in [2.05, 4.69) is 0 Å². The van der Waals surface area contributed by atoms with Crippen LogP contribution in [0.25, 0.3) is 0 Å². The van der Waals surface area contributed by atoms with Crippen LogP contribution in [-0.2, 0) is 21.4 Å². The van der Waals surface area contributed by atoms with Gasteiger partial charge in [-0.05, 0) is 48.9 Å². The number of aryl methyl sites for hydroxylation is 1. The number of methoxy groups -OCH3 is 1. The van der Waals surface area contributed by atoms with Gasteiger partial charge >= 0.3 is 0 Å². The molecule has 3 nitrogen and oxygen atoms in total. The molecule has 0 amide bonds. The normalized spacial score (nSPS) is 21.3. The molecule has 0 aromatic heterocycles. The fourth-order valence-electron chi connectivity index (χ4n) is 3.57. The van der Waals surface area contributed by atoms with Gasteiger partial charge in [-0.25, -0.2) is 0 Å². The predicted molar refractivity (Wildman–Crippen MR) is 71.5 cm³/mol. The van der Waals surface area contributed by atoms with Crippen molar-refractivity contribution in [1.29, 1.82) is 0 Å². The predicted octanol–water partition coefficient (Wildman–Crippen LogP) is 2.59. The number of hydrogen-bond donors (Lipinski definition) is 0. The van der Waals surface area contributed by atoms with Crippen LogP contribution in [0.3, 0.4) is 0 Å². The second-order valence-electron chi connectivity index (χ2n) is 5.48. The smallest absolute Gasteiger partial charge is 0.150 e. The van der Waals surface area contributed by atoms with Gasteiger partial charge < -0.3 is 4.74 Å². The zero-order chi connectivity index (χ0) is 13.5. The molecule has 0 radical (unpaired) electrons. The van der Waals surface area contributed by atoms with Crippen LogP contribution in [0.1, 0.15) is 43.2 Å². The van der Waals surface area contributed by atoms with Crippen molar-refractivity contribution in [2.24, 2.45) is 0 Å². The van der Waals surface area contributed by atoms with Gasteiger partial charge in [0.15, 0.2) is 11.6 Å². The Morgan fingerprint density at radius 1 is 1.05 bits per heavy atom. The van der Waals surface area contributed by atoms with Crippen LogP contribution in [0.5, 0.6) is 5.75 Å². The first-order valence-electron chi connectivity index (χ1n) is 6.92. The highest BCUT2D eigenvalue weighted by molar-refractivity contribution is 6.14. The minimum absolute atomic E-state index is 0.120. The fraction of sp³-hybridized carbons (Fsp3) is 0.500. The van der Waals surface area contributed by atoms with Crippen LogP contribution in [0.15, 0.2) is 18.2 Å². The first-order chi connectivity index (χ1) is 9.18. The molecular formula is C16H18O3. The average Bonchev–Trinajstić information content (AvgIpc) is 2.44. The summed E-state index contributed by atoms with van der Waals surface area (Å²) in [5, 5.41) is 0. The molecule has 3 rings (SSSR count). The molecule has 0 N–H and O–H groups in total. The number of hydrogen-bond acceptors (Lipinski definition) is 3. The van der Waals surface area contributed by atoms with Crippen LogP contribution in [0.2, 0.25) is 0 Å². The van der Waals surface area contributed by atoms with Crippen molar-refractivity contribution in [1.82, 2.24) is 0 Å². The molecule has 2 aliphatic carbocycles.